The van der Waals surface area contributed by atoms with Crippen LogP contribution in [0.4, 0.5) is 24.8 Å². The third-order valence-electron chi connectivity index (χ3n) is 8.92. The number of alkyl halides is 1. The molecule has 2 fully saturated rings. The van der Waals surface area contributed by atoms with Crippen molar-refractivity contribution in [2.45, 2.75) is 70.0 Å². The molecule has 6 rings (SSSR count). The van der Waals surface area contributed by atoms with Crippen LogP contribution >= 0.6 is 0 Å². The summed E-state index contributed by atoms with van der Waals surface area (Å²) in [5.41, 5.74) is 7.19. The molecular weight excluding hydrogens is 501 g/mol. The maximum Gasteiger partial charge on any atom is 0.229 e. The first-order chi connectivity index (χ1) is 18.7. The number of aromatic nitrogens is 4. The van der Waals surface area contributed by atoms with Crippen molar-refractivity contribution in [3.8, 4) is 11.3 Å². The van der Waals surface area contributed by atoms with Crippen LogP contribution in [0.1, 0.15) is 69.4 Å². The van der Waals surface area contributed by atoms with Crippen LogP contribution in [0, 0.1) is 23.5 Å². The minimum atomic E-state index is -1.68. The van der Waals surface area contributed by atoms with Gasteiger partial charge in [0.25, 0.3) is 0 Å². The monoisotopic (exact) mass is 534 g/mol. The number of hydrogen-bond acceptors (Lipinski definition) is 5. The van der Waals surface area contributed by atoms with Gasteiger partial charge in [-0.3, -0.25) is 4.98 Å². The Morgan fingerprint density at radius 3 is 2.49 bits per heavy atom. The number of nitrogens with one attached hydrogen (secondary N) is 1. The number of benzene rings is 1. The van der Waals surface area contributed by atoms with E-state index in [-0.39, 0.29) is 41.6 Å². The van der Waals surface area contributed by atoms with Gasteiger partial charge in [-0.1, -0.05) is 13.8 Å². The van der Waals surface area contributed by atoms with E-state index in [2.05, 4.69) is 34.2 Å². The molecule has 0 aliphatic heterocycles. The molecular formula is C30H33F3N6. The minimum absolute atomic E-state index is 0.0556. The maximum atomic E-state index is 15.2. The largest absolute Gasteiger partial charge is 0.327 e. The zero-order valence-electron chi connectivity index (χ0n) is 22.2. The van der Waals surface area contributed by atoms with Gasteiger partial charge in [-0.2, -0.15) is 9.61 Å². The number of nitrogens with two attached hydrogens (primary N) is 1. The van der Waals surface area contributed by atoms with E-state index in [4.69, 9.17) is 5.73 Å². The van der Waals surface area contributed by atoms with Gasteiger partial charge in [0.2, 0.25) is 5.95 Å². The molecule has 3 N–H and O–H groups in total. The molecule has 0 radical (unpaired) electrons. The third-order valence-corrected chi connectivity index (χ3v) is 8.92. The predicted octanol–water partition coefficient (Wildman–Crippen LogP) is 7.03. The molecule has 2 saturated carbocycles. The Bertz CT molecular complexity index is 1480. The SMILES string of the molecule is CC1CC(c2ccncc2Nc2ncc3ccc(-c4c(F)cc(C5(F)CCCC5)cc4F)nn23)CC(N)C1C. The number of halogens is 3. The second-order valence-electron chi connectivity index (χ2n) is 11.4. The van der Waals surface area contributed by atoms with Crippen LogP contribution in [0.2, 0.25) is 0 Å². The number of imidazole rings is 1. The molecule has 4 aromatic rings. The topological polar surface area (TPSA) is 81.1 Å². The van der Waals surface area contributed by atoms with Crippen molar-refractivity contribution in [2.24, 2.45) is 17.6 Å². The molecule has 0 bridgehead atoms. The highest BCUT2D eigenvalue weighted by molar-refractivity contribution is 5.66. The third kappa shape index (κ3) is 4.67. The lowest BCUT2D eigenvalue weighted by molar-refractivity contribution is 0.173. The summed E-state index contributed by atoms with van der Waals surface area (Å²) in [4.78, 5) is 8.78. The highest BCUT2D eigenvalue weighted by Gasteiger charge is 2.37. The van der Waals surface area contributed by atoms with E-state index in [0.717, 1.165) is 36.2 Å². The first-order valence-corrected chi connectivity index (χ1v) is 13.7. The fourth-order valence-corrected chi connectivity index (χ4v) is 6.37. The van der Waals surface area contributed by atoms with Crippen molar-refractivity contribution in [1.29, 1.82) is 0 Å². The lowest BCUT2D eigenvalue weighted by atomic mass is 9.71. The minimum Gasteiger partial charge on any atom is -0.327 e. The van der Waals surface area contributed by atoms with Crippen LogP contribution in [-0.2, 0) is 5.67 Å². The average Bonchev–Trinajstić information content (AvgIpc) is 3.54. The summed E-state index contributed by atoms with van der Waals surface area (Å²) in [5.74, 6) is -0.0420. The van der Waals surface area contributed by atoms with Gasteiger partial charge in [0.1, 0.15) is 17.3 Å². The molecule has 4 atom stereocenters. The number of fused-ring (bicyclic) bond motifs is 1. The first-order valence-electron chi connectivity index (χ1n) is 13.7. The standard InChI is InChI=1S/C30H33F3N6/c1-17-11-19(12-25(34)18(17)2)22-7-10-35-16-27(22)37-29-36-15-21-5-6-26(38-39(21)29)28-23(31)13-20(14-24(28)32)30(33)8-3-4-9-30/h5-7,10,13-19,25H,3-4,8-9,11-12,34H2,1-2H3,(H,36,37). The summed E-state index contributed by atoms with van der Waals surface area (Å²) in [6, 6.07) is 7.60. The van der Waals surface area contributed by atoms with E-state index in [1.807, 2.05) is 6.07 Å². The molecule has 2 aliphatic rings. The Balaban J connectivity index is 1.33. The van der Waals surface area contributed by atoms with Gasteiger partial charge in [0, 0.05) is 12.2 Å². The van der Waals surface area contributed by atoms with Crippen LogP contribution in [0.5, 0.6) is 0 Å². The van der Waals surface area contributed by atoms with E-state index >= 15 is 13.2 Å². The van der Waals surface area contributed by atoms with E-state index in [9.17, 15) is 0 Å². The molecule has 3 aromatic heterocycles. The van der Waals surface area contributed by atoms with Crippen LogP contribution in [0.15, 0.2) is 48.9 Å². The molecule has 204 valence electrons. The van der Waals surface area contributed by atoms with Gasteiger partial charge in [-0.05, 0) is 97.7 Å². The van der Waals surface area contributed by atoms with Gasteiger partial charge in [-0.15, -0.1) is 0 Å². The van der Waals surface area contributed by atoms with Crippen LogP contribution in [-0.4, -0.2) is 25.6 Å². The predicted molar refractivity (Wildman–Crippen MR) is 145 cm³/mol. The van der Waals surface area contributed by atoms with E-state index in [0.29, 0.717) is 36.1 Å². The number of pyridine rings is 1. The van der Waals surface area contributed by atoms with Crippen molar-refractivity contribution in [3.63, 3.8) is 0 Å². The van der Waals surface area contributed by atoms with Crippen molar-refractivity contribution in [1.82, 2.24) is 19.6 Å². The molecule has 0 saturated heterocycles. The van der Waals surface area contributed by atoms with E-state index in [1.165, 1.54) is 4.52 Å². The summed E-state index contributed by atoms with van der Waals surface area (Å²) in [5, 5.41) is 7.86. The van der Waals surface area contributed by atoms with Crippen LogP contribution < -0.4 is 11.1 Å². The van der Waals surface area contributed by atoms with E-state index in [1.54, 1.807) is 30.7 Å². The molecule has 4 unspecified atom stereocenters. The lowest BCUT2D eigenvalue weighted by Gasteiger charge is -2.37. The Labute approximate surface area is 225 Å². The zero-order chi connectivity index (χ0) is 27.3. The fourth-order valence-electron chi connectivity index (χ4n) is 6.37. The summed E-state index contributed by atoms with van der Waals surface area (Å²) >= 11 is 0. The van der Waals surface area contributed by atoms with Gasteiger partial charge >= 0.3 is 0 Å². The number of anilines is 2. The molecule has 3 heterocycles. The molecule has 9 heteroatoms. The number of hydrogen-bond donors (Lipinski definition) is 2. The smallest absolute Gasteiger partial charge is 0.229 e. The normalized spacial score (nSPS) is 24.8. The van der Waals surface area contributed by atoms with Gasteiger partial charge in [0.15, 0.2) is 0 Å². The fraction of sp³-hybridized carbons (Fsp3) is 0.433. The second-order valence-corrected chi connectivity index (χ2v) is 11.4. The summed E-state index contributed by atoms with van der Waals surface area (Å²) in [7, 11) is 0. The van der Waals surface area contributed by atoms with Crippen molar-refractivity contribution in [3.05, 3.63) is 71.7 Å². The summed E-state index contributed by atoms with van der Waals surface area (Å²) < 4.78 is 47.2. The molecule has 0 spiro atoms. The summed E-state index contributed by atoms with van der Waals surface area (Å²) in [6.07, 6.45) is 9.04. The Hall–Kier alpha value is -3.46. The maximum absolute atomic E-state index is 15.2. The average molecular weight is 535 g/mol. The molecule has 0 amide bonds. The van der Waals surface area contributed by atoms with Crippen LogP contribution in [0.25, 0.3) is 16.8 Å². The molecule has 39 heavy (non-hydrogen) atoms. The Kier molecular flexibility index (Phi) is 6.57. The van der Waals surface area contributed by atoms with Crippen LogP contribution in [0.3, 0.4) is 0 Å². The quantitative estimate of drug-likeness (QED) is 0.287. The lowest BCUT2D eigenvalue weighted by Crippen LogP contribution is -2.39. The summed E-state index contributed by atoms with van der Waals surface area (Å²) in [6.45, 7) is 4.45. The molecule has 6 nitrogen and oxygen atoms in total. The Morgan fingerprint density at radius 2 is 1.77 bits per heavy atom. The van der Waals surface area contributed by atoms with Crippen molar-refractivity contribution in [2.75, 3.05) is 5.32 Å². The first kappa shape index (κ1) is 25.8. The van der Waals surface area contributed by atoms with Gasteiger partial charge < -0.3 is 11.1 Å². The number of nitrogens with zero attached hydrogens (tertiary/aromatic N) is 4. The van der Waals surface area contributed by atoms with Crippen molar-refractivity contribution >= 4 is 17.2 Å². The molecule has 1 aromatic carbocycles. The highest BCUT2D eigenvalue weighted by Crippen LogP contribution is 2.44. The second kappa shape index (κ2) is 9.93. The van der Waals surface area contributed by atoms with Crippen molar-refractivity contribution < 1.29 is 13.2 Å². The highest BCUT2D eigenvalue weighted by atomic mass is 19.1. The number of rotatable bonds is 5. The van der Waals surface area contributed by atoms with Gasteiger partial charge in [-0.25, -0.2) is 18.2 Å². The van der Waals surface area contributed by atoms with Gasteiger partial charge in [0.05, 0.1) is 34.9 Å². The molecule has 2 aliphatic carbocycles. The Morgan fingerprint density at radius 1 is 1.03 bits per heavy atom. The zero-order valence-corrected chi connectivity index (χ0v) is 22.2. The van der Waals surface area contributed by atoms with E-state index < -0.39 is 17.3 Å².